The number of allylic oxidation sites excluding steroid dienone is 7. The minimum atomic E-state index is -0.816. The van der Waals surface area contributed by atoms with Gasteiger partial charge in [-0.2, -0.15) is 0 Å². The summed E-state index contributed by atoms with van der Waals surface area (Å²) in [6.07, 6.45) is 23.6. The molecule has 0 unspecified atom stereocenters. The third-order valence-electron chi connectivity index (χ3n) is 3.32. The fraction of sp³-hybridized carbons (Fsp3) is 0.550. The zero-order valence-electron chi connectivity index (χ0n) is 14.4. The molecule has 0 saturated heterocycles. The lowest BCUT2D eigenvalue weighted by Gasteiger charge is -2.02. The Hall–Kier alpha value is -1.61. The van der Waals surface area contributed by atoms with E-state index in [0.29, 0.717) is 12.8 Å². The lowest BCUT2D eigenvalue weighted by atomic mass is 10.1. The summed E-state index contributed by atoms with van der Waals surface area (Å²) in [7, 11) is 0. The molecule has 23 heavy (non-hydrogen) atoms. The van der Waals surface area contributed by atoms with Gasteiger partial charge in [-0.15, -0.1) is 0 Å². The normalized spacial score (nSPS) is 13.8. The molecular weight excluding hydrogens is 288 g/mol. The van der Waals surface area contributed by atoms with E-state index < -0.39 is 12.1 Å². The average Bonchev–Trinajstić information content (AvgIpc) is 2.51. The topological polar surface area (TPSA) is 57.5 Å². The molecule has 0 aliphatic rings. The molecule has 0 radical (unpaired) electrons. The van der Waals surface area contributed by atoms with E-state index in [2.05, 4.69) is 31.2 Å². The largest absolute Gasteiger partial charge is 0.481 e. The molecule has 0 aliphatic carbocycles. The highest BCUT2D eigenvalue weighted by Crippen LogP contribution is 2.03. The van der Waals surface area contributed by atoms with Crippen molar-refractivity contribution in [3.8, 4) is 0 Å². The van der Waals surface area contributed by atoms with Crippen LogP contribution in [-0.4, -0.2) is 22.3 Å². The third-order valence-corrected chi connectivity index (χ3v) is 3.32. The van der Waals surface area contributed by atoms with Crippen molar-refractivity contribution >= 4 is 5.97 Å². The van der Waals surface area contributed by atoms with E-state index in [-0.39, 0.29) is 6.42 Å². The standard InChI is InChI=1S/C20H32O3/c1-2-3-4-5-6-7-8-9-10-11-12-13-14-16-19(21)17-15-18-20(22)23/h6-7,9-10,12-14,16,19,21H,2-5,8,11,15,17-18H2,1H3,(H,22,23)/b7-6+,10-9+,13-12+,16-14-/t19-/m0/s1. The highest BCUT2D eigenvalue weighted by molar-refractivity contribution is 5.66. The van der Waals surface area contributed by atoms with Crippen LogP contribution in [0.4, 0.5) is 0 Å². The maximum absolute atomic E-state index is 10.3. The highest BCUT2D eigenvalue weighted by Gasteiger charge is 2.01. The van der Waals surface area contributed by atoms with Gasteiger partial charge in [0, 0.05) is 6.42 Å². The molecule has 0 aliphatic heterocycles. The summed E-state index contributed by atoms with van der Waals surface area (Å²) in [6, 6.07) is 0. The van der Waals surface area contributed by atoms with Crippen LogP contribution in [0.2, 0.25) is 0 Å². The van der Waals surface area contributed by atoms with Crippen molar-refractivity contribution in [2.24, 2.45) is 0 Å². The van der Waals surface area contributed by atoms with Gasteiger partial charge in [0.1, 0.15) is 0 Å². The van der Waals surface area contributed by atoms with Crippen LogP contribution in [0.3, 0.4) is 0 Å². The summed E-state index contributed by atoms with van der Waals surface area (Å²) in [5.74, 6) is -0.816. The van der Waals surface area contributed by atoms with E-state index in [1.807, 2.05) is 18.2 Å². The molecule has 130 valence electrons. The van der Waals surface area contributed by atoms with Crippen LogP contribution in [0.1, 0.15) is 64.7 Å². The molecule has 0 rings (SSSR count). The van der Waals surface area contributed by atoms with Crippen LogP contribution in [0.15, 0.2) is 48.6 Å². The van der Waals surface area contributed by atoms with Crippen molar-refractivity contribution < 1.29 is 15.0 Å². The van der Waals surface area contributed by atoms with Gasteiger partial charge in [-0.05, 0) is 38.5 Å². The van der Waals surface area contributed by atoms with E-state index in [1.165, 1.54) is 25.7 Å². The Morgan fingerprint density at radius 3 is 2.35 bits per heavy atom. The number of aliphatic carboxylic acids is 1. The van der Waals surface area contributed by atoms with Crippen molar-refractivity contribution in [1.82, 2.24) is 0 Å². The number of hydrogen-bond acceptors (Lipinski definition) is 2. The first kappa shape index (κ1) is 21.4. The molecule has 0 heterocycles. The maximum Gasteiger partial charge on any atom is 0.303 e. The van der Waals surface area contributed by atoms with Gasteiger partial charge in [0.15, 0.2) is 0 Å². The van der Waals surface area contributed by atoms with Crippen molar-refractivity contribution in [2.45, 2.75) is 70.8 Å². The highest BCUT2D eigenvalue weighted by atomic mass is 16.4. The second-order valence-corrected chi connectivity index (χ2v) is 5.58. The average molecular weight is 320 g/mol. The predicted octanol–water partition coefficient (Wildman–Crippen LogP) is 5.19. The van der Waals surface area contributed by atoms with Gasteiger partial charge in [-0.3, -0.25) is 4.79 Å². The van der Waals surface area contributed by atoms with Crippen molar-refractivity contribution in [2.75, 3.05) is 0 Å². The smallest absolute Gasteiger partial charge is 0.303 e. The molecule has 0 aromatic carbocycles. The number of aliphatic hydroxyl groups is 1. The minimum Gasteiger partial charge on any atom is -0.481 e. The van der Waals surface area contributed by atoms with Gasteiger partial charge in [0.25, 0.3) is 0 Å². The fourth-order valence-electron chi connectivity index (χ4n) is 1.98. The number of carbonyl (C=O) groups is 1. The summed E-state index contributed by atoms with van der Waals surface area (Å²) >= 11 is 0. The number of unbranched alkanes of at least 4 members (excludes halogenated alkanes) is 3. The van der Waals surface area contributed by atoms with Gasteiger partial charge < -0.3 is 10.2 Å². The van der Waals surface area contributed by atoms with Gasteiger partial charge >= 0.3 is 5.97 Å². The summed E-state index contributed by atoms with van der Waals surface area (Å²) < 4.78 is 0. The number of rotatable bonds is 14. The Morgan fingerprint density at radius 2 is 1.65 bits per heavy atom. The lowest BCUT2D eigenvalue weighted by Crippen LogP contribution is -2.03. The van der Waals surface area contributed by atoms with Gasteiger partial charge in [0.2, 0.25) is 0 Å². The maximum atomic E-state index is 10.3. The van der Waals surface area contributed by atoms with E-state index >= 15 is 0 Å². The van der Waals surface area contributed by atoms with Crippen LogP contribution in [0, 0.1) is 0 Å². The van der Waals surface area contributed by atoms with Gasteiger partial charge in [-0.1, -0.05) is 68.4 Å². The predicted molar refractivity (Wildman–Crippen MR) is 97.4 cm³/mol. The van der Waals surface area contributed by atoms with E-state index in [0.717, 1.165) is 12.8 Å². The van der Waals surface area contributed by atoms with Crippen LogP contribution >= 0.6 is 0 Å². The van der Waals surface area contributed by atoms with E-state index in [1.54, 1.807) is 6.08 Å². The summed E-state index contributed by atoms with van der Waals surface area (Å²) in [5.41, 5.74) is 0. The van der Waals surface area contributed by atoms with Crippen LogP contribution < -0.4 is 0 Å². The van der Waals surface area contributed by atoms with Crippen LogP contribution in [0.25, 0.3) is 0 Å². The van der Waals surface area contributed by atoms with Crippen molar-refractivity contribution in [3.05, 3.63) is 48.6 Å². The van der Waals surface area contributed by atoms with Gasteiger partial charge in [0.05, 0.1) is 6.10 Å². The Kier molecular flexibility index (Phi) is 15.6. The molecule has 0 aromatic heterocycles. The number of aliphatic hydroxyl groups excluding tert-OH is 1. The zero-order valence-corrected chi connectivity index (χ0v) is 14.4. The van der Waals surface area contributed by atoms with Crippen LogP contribution in [-0.2, 0) is 4.79 Å². The molecule has 2 N–H and O–H groups in total. The molecule has 3 heteroatoms. The molecule has 0 amide bonds. The van der Waals surface area contributed by atoms with Crippen molar-refractivity contribution in [3.63, 3.8) is 0 Å². The number of carboxylic acid groups (broad SMARTS) is 1. The van der Waals surface area contributed by atoms with Gasteiger partial charge in [-0.25, -0.2) is 0 Å². The van der Waals surface area contributed by atoms with E-state index in [4.69, 9.17) is 5.11 Å². The molecule has 0 aromatic rings. The molecule has 3 nitrogen and oxygen atoms in total. The summed E-state index contributed by atoms with van der Waals surface area (Å²) in [6.45, 7) is 2.22. The Bertz CT molecular complexity index is 392. The Labute approximate surface area is 141 Å². The first-order chi connectivity index (χ1) is 11.2. The Morgan fingerprint density at radius 1 is 0.957 bits per heavy atom. The molecule has 1 atom stereocenters. The first-order valence-electron chi connectivity index (χ1n) is 8.70. The number of hydrogen-bond donors (Lipinski definition) is 2. The lowest BCUT2D eigenvalue weighted by molar-refractivity contribution is -0.137. The zero-order chi connectivity index (χ0) is 17.2. The summed E-state index contributed by atoms with van der Waals surface area (Å²) in [5, 5.41) is 18.1. The molecule has 0 fully saturated rings. The first-order valence-corrected chi connectivity index (χ1v) is 8.70. The second-order valence-electron chi connectivity index (χ2n) is 5.58. The monoisotopic (exact) mass is 320 g/mol. The Balaban J connectivity index is 3.59. The third kappa shape index (κ3) is 18.3. The molecule has 0 bridgehead atoms. The molecule has 0 saturated carbocycles. The summed E-state index contributed by atoms with van der Waals surface area (Å²) in [4.78, 5) is 10.3. The minimum absolute atomic E-state index is 0.110. The van der Waals surface area contributed by atoms with Crippen molar-refractivity contribution in [1.29, 1.82) is 0 Å². The van der Waals surface area contributed by atoms with Crippen LogP contribution in [0.5, 0.6) is 0 Å². The second kappa shape index (κ2) is 16.8. The SMILES string of the molecule is CCCCC/C=C/C/C=C/C/C=C/C=C\[C@H](O)CCCC(=O)O. The molecular formula is C20H32O3. The fourth-order valence-corrected chi connectivity index (χ4v) is 1.98. The molecule has 0 spiro atoms. The quantitative estimate of drug-likeness (QED) is 0.263. The van der Waals surface area contributed by atoms with E-state index in [9.17, 15) is 9.90 Å². The number of carboxylic acids is 1.